The van der Waals surface area contributed by atoms with E-state index in [1.807, 2.05) is 0 Å². The highest BCUT2D eigenvalue weighted by Gasteiger charge is 2.38. The van der Waals surface area contributed by atoms with Crippen molar-refractivity contribution in [1.82, 2.24) is 4.98 Å². The molecule has 1 atom stereocenters. The van der Waals surface area contributed by atoms with Crippen molar-refractivity contribution in [2.75, 3.05) is 4.90 Å². The predicted molar refractivity (Wildman–Crippen MR) is 120 cm³/mol. The lowest BCUT2D eigenvalue weighted by Crippen LogP contribution is -2.36. The maximum Gasteiger partial charge on any atom is 0.0726 e. The lowest BCUT2D eigenvalue weighted by molar-refractivity contribution is 0.508. The van der Waals surface area contributed by atoms with Gasteiger partial charge in [-0.3, -0.25) is 4.98 Å². The van der Waals surface area contributed by atoms with Gasteiger partial charge in [0.05, 0.1) is 17.2 Å². The van der Waals surface area contributed by atoms with Crippen LogP contribution < -0.4 is 4.90 Å². The summed E-state index contributed by atoms with van der Waals surface area (Å²) in [6.07, 6.45) is 3.37. The highest BCUT2D eigenvalue weighted by atomic mass is 15.2. The number of hydrogen-bond donors (Lipinski definition) is 0. The monoisotopic (exact) mass is 372 g/mol. The summed E-state index contributed by atoms with van der Waals surface area (Å²) in [4.78, 5) is 7.70. The van der Waals surface area contributed by atoms with Crippen LogP contribution in [0.1, 0.15) is 66.2 Å². The Morgan fingerprint density at radius 3 is 2.29 bits per heavy atom. The van der Waals surface area contributed by atoms with Gasteiger partial charge in [-0.05, 0) is 68.9 Å². The first-order valence-electron chi connectivity index (χ1n) is 10.7. The molecule has 0 spiro atoms. The number of anilines is 1. The van der Waals surface area contributed by atoms with Gasteiger partial charge in [-0.25, -0.2) is 0 Å². The average molecular weight is 373 g/mol. The van der Waals surface area contributed by atoms with Crippen molar-refractivity contribution < 1.29 is 0 Å². The van der Waals surface area contributed by atoms with Gasteiger partial charge < -0.3 is 4.90 Å². The summed E-state index contributed by atoms with van der Waals surface area (Å²) in [6, 6.07) is 14.3. The number of aromatic nitrogens is 1. The van der Waals surface area contributed by atoms with Gasteiger partial charge in [0.1, 0.15) is 0 Å². The van der Waals surface area contributed by atoms with E-state index in [4.69, 9.17) is 4.98 Å². The third-order valence-electron chi connectivity index (χ3n) is 6.57. The van der Waals surface area contributed by atoms with E-state index in [1.165, 1.54) is 44.6 Å². The number of fused-ring (bicyclic) bond motifs is 3. The van der Waals surface area contributed by atoms with Crippen LogP contribution in [0.5, 0.6) is 0 Å². The Kier molecular flexibility index (Phi) is 4.91. The van der Waals surface area contributed by atoms with Crippen molar-refractivity contribution in [2.24, 2.45) is 0 Å². The first-order valence-corrected chi connectivity index (χ1v) is 10.7. The van der Waals surface area contributed by atoms with Crippen LogP contribution in [0.2, 0.25) is 0 Å². The van der Waals surface area contributed by atoms with Gasteiger partial charge in [-0.1, -0.05) is 49.7 Å². The van der Waals surface area contributed by atoms with E-state index in [9.17, 15) is 0 Å². The van der Waals surface area contributed by atoms with E-state index in [2.05, 4.69) is 82.8 Å². The van der Waals surface area contributed by atoms with Gasteiger partial charge in [0.2, 0.25) is 0 Å². The average Bonchev–Trinajstić information content (AvgIpc) is 3.03. The lowest BCUT2D eigenvalue weighted by atomic mass is 9.91. The highest BCUT2D eigenvalue weighted by Crippen LogP contribution is 2.48. The molecule has 0 fully saturated rings. The Morgan fingerprint density at radius 2 is 1.64 bits per heavy atom. The van der Waals surface area contributed by atoms with Crippen molar-refractivity contribution in [2.45, 2.75) is 72.9 Å². The van der Waals surface area contributed by atoms with E-state index < -0.39 is 0 Å². The fourth-order valence-corrected chi connectivity index (χ4v) is 5.42. The minimum Gasteiger partial charge on any atom is -0.360 e. The van der Waals surface area contributed by atoms with Crippen LogP contribution >= 0.6 is 0 Å². The molecule has 2 heteroatoms. The van der Waals surface area contributed by atoms with Crippen LogP contribution in [-0.4, -0.2) is 11.0 Å². The molecule has 0 saturated heterocycles. The SMILES string of the molecule is CCC(CC)N1c2c(c(C)nc3ccccc23)CC1c1c(C)cc(C)cc1C. The molecule has 0 bridgehead atoms. The Bertz CT molecular complexity index is 1010. The fraction of sp³-hybridized carbons (Fsp3) is 0.423. The zero-order chi connectivity index (χ0) is 20.0. The first kappa shape index (κ1) is 19.0. The maximum atomic E-state index is 4.95. The number of hydrogen-bond acceptors (Lipinski definition) is 2. The van der Waals surface area contributed by atoms with E-state index in [0.29, 0.717) is 12.1 Å². The molecule has 28 heavy (non-hydrogen) atoms. The zero-order valence-corrected chi connectivity index (χ0v) is 18.1. The second kappa shape index (κ2) is 7.24. The summed E-state index contributed by atoms with van der Waals surface area (Å²) in [5.41, 5.74) is 10.9. The van der Waals surface area contributed by atoms with Crippen molar-refractivity contribution in [3.8, 4) is 0 Å². The summed E-state index contributed by atoms with van der Waals surface area (Å²) < 4.78 is 0. The summed E-state index contributed by atoms with van der Waals surface area (Å²) in [7, 11) is 0. The van der Waals surface area contributed by atoms with Crippen LogP contribution in [0, 0.1) is 27.7 Å². The molecule has 3 aromatic rings. The second-order valence-corrected chi connectivity index (χ2v) is 8.45. The van der Waals surface area contributed by atoms with Gasteiger partial charge in [-0.15, -0.1) is 0 Å². The summed E-state index contributed by atoms with van der Waals surface area (Å²) in [6.45, 7) is 13.6. The summed E-state index contributed by atoms with van der Waals surface area (Å²) >= 11 is 0. The minimum absolute atomic E-state index is 0.395. The molecule has 0 amide bonds. The van der Waals surface area contributed by atoms with Crippen LogP contribution in [0.3, 0.4) is 0 Å². The molecule has 0 saturated carbocycles. The molecular weight excluding hydrogens is 340 g/mol. The Hall–Kier alpha value is -2.35. The molecule has 0 N–H and O–H groups in total. The van der Waals surface area contributed by atoms with E-state index >= 15 is 0 Å². The molecule has 2 aromatic carbocycles. The second-order valence-electron chi connectivity index (χ2n) is 8.45. The Labute approximate surface area is 169 Å². The van der Waals surface area contributed by atoms with Crippen molar-refractivity contribution in [3.05, 3.63) is 69.9 Å². The number of benzene rings is 2. The standard InChI is InChI=1S/C26H32N2/c1-7-20(8-2)28-24(25-17(4)13-16(3)14-18(25)5)15-22-19(6)27-23-12-10-9-11-21(23)26(22)28/h9-14,20,24H,7-8,15H2,1-6H3. The molecule has 2 heterocycles. The van der Waals surface area contributed by atoms with E-state index in [-0.39, 0.29) is 0 Å². The number of nitrogens with zero attached hydrogens (tertiary/aromatic N) is 2. The van der Waals surface area contributed by atoms with Crippen molar-refractivity contribution in [3.63, 3.8) is 0 Å². The number of rotatable bonds is 4. The van der Waals surface area contributed by atoms with E-state index in [1.54, 1.807) is 0 Å². The van der Waals surface area contributed by atoms with Gasteiger partial charge in [0, 0.05) is 23.5 Å². The van der Waals surface area contributed by atoms with Gasteiger partial charge in [0.25, 0.3) is 0 Å². The summed E-state index contributed by atoms with van der Waals surface area (Å²) in [5, 5.41) is 1.31. The van der Waals surface area contributed by atoms with Crippen molar-refractivity contribution >= 4 is 16.6 Å². The van der Waals surface area contributed by atoms with Gasteiger partial charge in [0.15, 0.2) is 0 Å². The zero-order valence-electron chi connectivity index (χ0n) is 18.1. The minimum atomic E-state index is 0.395. The number of pyridine rings is 1. The quantitative estimate of drug-likeness (QED) is 0.503. The van der Waals surface area contributed by atoms with Gasteiger partial charge >= 0.3 is 0 Å². The molecule has 0 radical (unpaired) electrons. The van der Waals surface area contributed by atoms with Gasteiger partial charge in [-0.2, -0.15) is 0 Å². The molecule has 146 valence electrons. The fourth-order valence-electron chi connectivity index (χ4n) is 5.42. The maximum absolute atomic E-state index is 4.95. The first-order chi connectivity index (χ1) is 13.5. The molecule has 1 aliphatic heterocycles. The van der Waals surface area contributed by atoms with Crippen LogP contribution in [0.4, 0.5) is 5.69 Å². The summed E-state index contributed by atoms with van der Waals surface area (Å²) in [5.74, 6) is 0. The third-order valence-corrected chi connectivity index (χ3v) is 6.57. The molecular formula is C26H32N2. The molecule has 1 aromatic heterocycles. The van der Waals surface area contributed by atoms with Crippen LogP contribution in [0.25, 0.3) is 10.9 Å². The van der Waals surface area contributed by atoms with E-state index in [0.717, 1.165) is 24.8 Å². The molecule has 0 aliphatic carbocycles. The topological polar surface area (TPSA) is 16.1 Å². The lowest BCUT2D eigenvalue weighted by Gasteiger charge is -2.37. The normalized spacial score (nSPS) is 16.2. The molecule has 4 rings (SSSR count). The van der Waals surface area contributed by atoms with Crippen LogP contribution in [0.15, 0.2) is 36.4 Å². The Morgan fingerprint density at radius 1 is 1.00 bits per heavy atom. The molecule has 1 aliphatic rings. The molecule has 1 unspecified atom stereocenters. The number of aryl methyl sites for hydroxylation is 4. The highest BCUT2D eigenvalue weighted by molar-refractivity contribution is 5.95. The Balaban J connectivity index is 1.99. The predicted octanol–water partition coefficient (Wildman–Crippen LogP) is 6.76. The third kappa shape index (κ3) is 2.90. The molecule has 2 nitrogen and oxygen atoms in total. The van der Waals surface area contributed by atoms with Crippen molar-refractivity contribution in [1.29, 1.82) is 0 Å². The van der Waals surface area contributed by atoms with Crippen LogP contribution in [-0.2, 0) is 6.42 Å². The number of para-hydroxylation sites is 1. The smallest absolute Gasteiger partial charge is 0.0726 e. The largest absolute Gasteiger partial charge is 0.360 e.